The highest BCUT2D eigenvalue weighted by Crippen LogP contribution is 2.43. The Bertz CT molecular complexity index is 462. The molecule has 2 aliphatic rings. The molecule has 20 heavy (non-hydrogen) atoms. The number of hydrogen-bond acceptors (Lipinski definition) is 2. The third-order valence-corrected chi connectivity index (χ3v) is 4.70. The molecular formula is C15H19ClF2N2. The molecule has 1 aliphatic carbocycles. The highest BCUT2D eigenvalue weighted by atomic mass is 35.5. The molecule has 0 spiro atoms. The molecule has 1 aromatic carbocycles. The van der Waals surface area contributed by atoms with E-state index in [1.54, 1.807) is 0 Å². The Hall–Kier alpha value is -0.710. The minimum Gasteiger partial charge on any atom is -0.314 e. The number of halogens is 3. The first-order valence-corrected chi connectivity index (χ1v) is 7.64. The Morgan fingerprint density at radius 3 is 2.25 bits per heavy atom. The molecule has 0 radical (unpaired) electrons. The summed E-state index contributed by atoms with van der Waals surface area (Å²) >= 11 is 5.74. The van der Waals surface area contributed by atoms with Gasteiger partial charge in [0.25, 0.3) is 0 Å². The molecule has 110 valence electrons. The minimum atomic E-state index is -0.509. The quantitative estimate of drug-likeness (QED) is 0.921. The molecule has 0 unspecified atom stereocenters. The summed E-state index contributed by atoms with van der Waals surface area (Å²) in [5, 5.41) is 3.41. The Kier molecular flexibility index (Phi) is 4.24. The summed E-state index contributed by atoms with van der Waals surface area (Å²) in [4.78, 5) is 2.22. The first-order chi connectivity index (χ1) is 9.66. The SMILES string of the molecule is Fc1cc(Cl)cc(F)c1[C@@H](C1CCC1)N1CCNCC1. The Balaban J connectivity index is 1.96. The Morgan fingerprint density at radius 1 is 1.15 bits per heavy atom. The van der Waals surface area contributed by atoms with Crippen molar-refractivity contribution in [3.63, 3.8) is 0 Å². The lowest BCUT2D eigenvalue weighted by Crippen LogP contribution is -2.48. The second kappa shape index (κ2) is 5.96. The van der Waals surface area contributed by atoms with Crippen LogP contribution in [0.15, 0.2) is 12.1 Å². The summed E-state index contributed by atoms with van der Waals surface area (Å²) < 4.78 is 28.5. The maximum absolute atomic E-state index is 14.3. The first-order valence-electron chi connectivity index (χ1n) is 7.26. The molecule has 0 amide bonds. The molecule has 2 fully saturated rings. The van der Waals surface area contributed by atoms with Gasteiger partial charge in [0, 0.05) is 42.8 Å². The number of rotatable bonds is 3. The molecular weight excluding hydrogens is 282 g/mol. The third kappa shape index (κ3) is 2.69. The van der Waals surface area contributed by atoms with Gasteiger partial charge in [0.1, 0.15) is 11.6 Å². The van der Waals surface area contributed by atoms with Crippen LogP contribution in [-0.4, -0.2) is 31.1 Å². The molecule has 1 saturated carbocycles. The van der Waals surface area contributed by atoms with Gasteiger partial charge >= 0.3 is 0 Å². The number of nitrogens with zero attached hydrogens (tertiary/aromatic N) is 1. The van der Waals surface area contributed by atoms with Crippen molar-refractivity contribution in [2.75, 3.05) is 26.2 Å². The summed E-state index contributed by atoms with van der Waals surface area (Å²) in [6.07, 6.45) is 3.26. The summed E-state index contributed by atoms with van der Waals surface area (Å²) in [7, 11) is 0. The normalized spacial score (nSPS) is 22.6. The van der Waals surface area contributed by atoms with E-state index < -0.39 is 11.6 Å². The van der Waals surface area contributed by atoms with Gasteiger partial charge in [-0.2, -0.15) is 0 Å². The number of benzene rings is 1. The molecule has 1 N–H and O–H groups in total. The van der Waals surface area contributed by atoms with E-state index in [-0.39, 0.29) is 16.6 Å². The fourth-order valence-corrected chi connectivity index (χ4v) is 3.46. The first kappa shape index (κ1) is 14.2. The Morgan fingerprint density at radius 2 is 1.75 bits per heavy atom. The van der Waals surface area contributed by atoms with Crippen molar-refractivity contribution < 1.29 is 8.78 Å². The molecule has 1 heterocycles. The predicted octanol–water partition coefficient (Wildman–Crippen LogP) is 3.36. The molecule has 0 aromatic heterocycles. The van der Waals surface area contributed by atoms with Crippen LogP contribution in [0.25, 0.3) is 0 Å². The van der Waals surface area contributed by atoms with Crippen molar-refractivity contribution in [1.82, 2.24) is 10.2 Å². The number of piperazine rings is 1. The lowest BCUT2D eigenvalue weighted by Gasteiger charge is -2.43. The van der Waals surface area contributed by atoms with Crippen molar-refractivity contribution >= 4 is 11.6 Å². The molecule has 1 aliphatic heterocycles. The summed E-state index contributed by atoms with van der Waals surface area (Å²) in [5.41, 5.74) is 0.209. The second-order valence-corrected chi connectivity index (χ2v) is 6.14. The van der Waals surface area contributed by atoms with Gasteiger partial charge in [-0.25, -0.2) is 8.78 Å². The fourth-order valence-electron chi connectivity index (χ4n) is 3.27. The van der Waals surface area contributed by atoms with Crippen LogP contribution in [0, 0.1) is 17.6 Å². The average molecular weight is 301 g/mol. The molecule has 1 atom stereocenters. The standard InChI is InChI=1S/C15H19ClF2N2/c16-11-8-12(17)14(13(18)9-11)15(10-2-1-3-10)20-6-4-19-5-7-20/h8-10,15,19H,1-7H2/t15-/m1/s1. The number of nitrogens with one attached hydrogen (secondary N) is 1. The van der Waals surface area contributed by atoms with Gasteiger partial charge in [-0.05, 0) is 30.9 Å². The zero-order valence-corrected chi connectivity index (χ0v) is 12.1. The van der Waals surface area contributed by atoms with Crippen LogP contribution in [0.1, 0.15) is 30.9 Å². The van der Waals surface area contributed by atoms with Crippen LogP contribution in [0.3, 0.4) is 0 Å². The molecule has 5 heteroatoms. The highest BCUT2D eigenvalue weighted by Gasteiger charge is 2.36. The van der Waals surface area contributed by atoms with E-state index in [1.807, 2.05) is 0 Å². The average Bonchev–Trinajstić information content (AvgIpc) is 2.35. The molecule has 1 aromatic rings. The van der Waals surface area contributed by atoms with Crippen LogP contribution < -0.4 is 5.32 Å². The van der Waals surface area contributed by atoms with Gasteiger partial charge in [0.05, 0.1) is 0 Å². The van der Waals surface area contributed by atoms with Gasteiger partial charge in [0.15, 0.2) is 0 Å². The van der Waals surface area contributed by atoms with E-state index in [2.05, 4.69) is 10.2 Å². The Labute approximate surface area is 123 Å². The second-order valence-electron chi connectivity index (χ2n) is 5.70. The lowest BCUT2D eigenvalue weighted by molar-refractivity contribution is 0.0785. The van der Waals surface area contributed by atoms with Crippen molar-refractivity contribution in [3.8, 4) is 0 Å². The minimum absolute atomic E-state index is 0.122. The maximum Gasteiger partial charge on any atom is 0.132 e. The zero-order chi connectivity index (χ0) is 14.1. The lowest BCUT2D eigenvalue weighted by atomic mass is 9.76. The van der Waals surface area contributed by atoms with Gasteiger partial charge in [-0.1, -0.05) is 18.0 Å². The van der Waals surface area contributed by atoms with Crippen molar-refractivity contribution in [2.45, 2.75) is 25.3 Å². The third-order valence-electron chi connectivity index (χ3n) is 4.48. The monoisotopic (exact) mass is 300 g/mol. The summed E-state index contributed by atoms with van der Waals surface area (Å²) in [6.45, 7) is 3.42. The van der Waals surface area contributed by atoms with E-state index in [0.717, 1.165) is 45.4 Å². The molecule has 0 bridgehead atoms. The van der Waals surface area contributed by atoms with E-state index in [4.69, 9.17) is 11.6 Å². The summed E-state index contributed by atoms with van der Waals surface area (Å²) in [6, 6.07) is 2.31. The van der Waals surface area contributed by atoms with Gasteiger partial charge < -0.3 is 5.32 Å². The van der Waals surface area contributed by atoms with Gasteiger partial charge in [-0.3, -0.25) is 4.90 Å². The maximum atomic E-state index is 14.3. The molecule has 3 rings (SSSR count). The van der Waals surface area contributed by atoms with Crippen molar-refractivity contribution in [1.29, 1.82) is 0 Å². The van der Waals surface area contributed by atoms with Crippen LogP contribution in [0.5, 0.6) is 0 Å². The van der Waals surface area contributed by atoms with E-state index in [9.17, 15) is 8.78 Å². The van der Waals surface area contributed by atoms with Crippen LogP contribution >= 0.6 is 11.6 Å². The topological polar surface area (TPSA) is 15.3 Å². The fraction of sp³-hybridized carbons (Fsp3) is 0.600. The van der Waals surface area contributed by atoms with Crippen LogP contribution in [0.4, 0.5) is 8.78 Å². The van der Waals surface area contributed by atoms with Crippen LogP contribution in [0.2, 0.25) is 5.02 Å². The summed E-state index contributed by atoms with van der Waals surface area (Å²) in [5.74, 6) is -0.658. The predicted molar refractivity (Wildman–Crippen MR) is 75.9 cm³/mol. The smallest absolute Gasteiger partial charge is 0.132 e. The van der Waals surface area contributed by atoms with E-state index in [1.165, 1.54) is 12.1 Å². The number of hydrogen-bond donors (Lipinski definition) is 1. The van der Waals surface area contributed by atoms with E-state index >= 15 is 0 Å². The van der Waals surface area contributed by atoms with E-state index in [0.29, 0.717) is 5.92 Å². The largest absolute Gasteiger partial charge is 0.314 e. The molecule has 2 nitrogen and oxygen atoms in total. The molecule has 1 saturated heterocycles. The van der Waals surface area contributed by atoms with Crippen LogP contribution in [-0.2, 0) is 0 Å². The van der Waals surface area contributed by atoms with Gasteiger partial charge in [-0.15, -0.1) is 0 Å². The zero-order valence-electron chi connectivity index (χ0n) is 11.3. The van der Waals surface area contributed by atoms with Crippen molar-refractivity contribution in [2.24, 2.45) is 5.92 Å². The van der Waals surface area contributed by atoms with Crippen molar-refractivity contribution in [3.05, 3.63) is 34.4 Å². The van der Waals surface area contributed by atoms with Gasteiger partial charge in [0.2, 0.25) is 0 Å². The highest BCUT2D eigenvalue weighted by molar-refractivity contribution is 6.30.